The molecule has 3 aromatic rings. The molecule has 2 N–H and O–H groups in total. The number of rotatable bonds is 9. The minimum absolute atomic E-state index is 0.0210. The highest BCUT2D eigenvalue weighted by Crippen LogP contribution is 2.32. The van der Waals surface area contributed by atoms with Gasteiger partial charge in [-0.25, -0.2) is 4.98 Å². The molecular formula is C24H21ClF3N3O4. The first kappa shape index (κ1) is 26.1. The number of hydrogen-bond acceptors (Lipinski definition) is 5. The summed E-state index contributed by atoms with van der Waals surface area (Å²) in [5, 5.41) is 3.09. The predicted molar refractivity (Wildman–Crippen MR) is 124 cm³/mol. The molecule has 0 radical (unpaired) electrons. The number of methoxy groups -OCH3 is 1. The number of H-pyrrole nitrogens is 1. The van der Waals surface area contributed by atoms with Crippen LogP contribution in [0.4, 0.5) is 18.9 Å². The summed E-state index contributed by atoms with van der Waals surface area (Å²) >= 11 is 5.92. The Morgan fingerprint density at radius 3 is 2.66 bits per heavy atom. The normalized spacial score (nSPS) is 11.0. The molecule has 1 amide bonds. The van der Waals surface area contributed by atoms with Gasteiger partial charge in [-0.3, -0.25) is 4.79 Å². The molecule has 184 valence electrons. The molecule has 11 heteroatoms. The van der Waals surface area contributed by atoms with E-state index < -0.39 is 17.8 Å². The molecule has 0 fully saturated rings. The van der Waals surface area contributed by atoms with E-state index in [0.717, 1.165) is 0 Å². The van der Waals surface area contributed by atoms with E-state index in [9.17, 15) is 18.0 Å². The lowest BCUT2D eigenvalue weighted by Crippen LogP contribution is -2.13. The minimum Gasteiger partial charge on any atom is -0.489 e. The van der Waals surface area contributed by atoms with Crippen LogP contribution in [0.15, 0.2) is 48.7 Å². The van der Waals surface area contributed by atoms with Gasteiger partial charge in [-0.1, -0.05) is 23.6 Å². The fraction of sp³-hybridized carbons (Fsp3) is 0.250. The summed E-state index contributed by atoms with van der Waals surface area (Å²) in [6.45, 7) is 1.26. The smallest absolute Gasteiger partial charge is 0.432 e. The van der Waals surface area contributed by atoms with Gasteiger partial charge in [-0.05, 0) is 36.4 Å². The van der Waals surface area contributed by atoms with Crippen molar-refractivity contribution in [2.75, 3.05) is 38.9 Å². The lowest BCUT2D eigenvalue weighted by molar-refractivity contribution is -0.140. The van der Waals surface area contributed by atoms with Crippen molar-refractivity contribution in [2.24, 2.45) is 0 Å². The molecular weight excluding hydrogens is 487 g/mol. The molecule has 2 aromatic carbocycles. The Balaban J connectivity index is 1.80. The fourth-order valence-corrected chi connectivity index (χ4v) is 3.01. The third-order valence-electron chi connectivity index (χ3n) is 4.44. The van der Waals surface area contributed by atoms with Crippen LogP contribution >= 0.6 is 11.6 Å². The molecule has 0 aliphatic heterocycles. The molecule has 35 heavy (non-hydrogen) atoms. The number of carbonyl (C=O) groups excluding carboxylic acids is 1. The number of benzene rings is 2. The van der Waals surface area contributed by atoms with E-state index in [-0.39, 0.29) is 30.5 Å². The summed E-state index contributed by atoms with van der Waals surface area (Å²) in [5.41, 5.74) is 0.0670. The maximum Gasteiger partial charge on any atom is 0.432 e. The van der Waals surface area contributed by atoms with E-state index in [2.05, 4.69) is 27.1 Å². The van der Waals surface area contributed by atoms with Gasteiger partial charge in [0.15, 0.2) is 0 Å². The van der Waals surface area contributed by atoms with Gasteiger partial charge in [0.2, 0.25) is 0 Å². The predicted octanol–water partition coefficient (Wildman–Crippen LogP) is 4.78. The molecule has 0 aliphatic rings. The third kappa shape index (κ3) is 8.03. The first-order chi connectivity index (χ1) is 16.8. The Morgan fingerprint density at radius 2 is 1.94 bits per heavy atom. The van der Waals surface area contributed by atoms with Gasteiger partial charge in [-0.15, -0.1) is 0 Å². The number of carbonyl (C=O) groups is 1. The molecule has 1 aromatic heterocycles. The number of halogens is 4. The quantitative estimate of drug-likeness (QED) is 0.321. The van der Waals surface area contributed by atoms with Crippen molar-refractivity contribution in [1.29, 1.82) is 0 Å². The van der Waals surface area contributed by atoms with Crippen LogP contribution in [0.5, 0.6) is 5.75 Å². The molecule has 0 spiro atoms. The molecule has 1 heterocycles. The lowest BCUT2D eigenvalue weighted by Gasteiger charge is -2.13. The molecule has 0 saturated carbocycles. The molecule has 0 unspecified atom stereocenters. The van der Waals surface area contributed by atoms with E-state index in [1.54, 1.807) is 31.4 Å². The topological polar surface area (TPSA) is 85.5 Å². The maximum atomic E-state index is 12.9. The largest absolute Gasteiger partial charge is 0.489 e. The summed E-state index contributed by atoms with van der Waals surface area (Å²) in [5.74, 6) is 4.76. The standard InChI is InChI=1S/C24H21ClF3N3O4/c1-33-9-10-34-11-12-35-20-7-6-17(23-29-15-21(31-23)24(26,27)28)14-19(20)30-22(32)8-5-16-3-2-4-18(25)13-16/h2-4,6-7,13-15H,9-12H2,1H3,(H,29,31)(H,30,32). The zero-order valence-electron chi connectivity index (χ0n) is 18.5. The van der Waals surface area contributed by atoms with Crippen LogP contribution in [0.1, 0.15) is 11.3 Å². The minimum atomic E-state index is -4.57. The summed E-state index contributed by atoms with van der Waals surface area (Å²) in [7, 11) is 1.56. The number of amides is 1. The van der Waals surface area contributed by atoms with E-state index >= 15 is 0 Å². The van der Waals surface area contributed by atoms with Crippen molar-refractivity contribution in [3.63, 3.8) is 0 Å². The number of anilines is 1. The number of aromatic nitrogens is 2. The van der Waals surface area contributed by atoms with Crippen molar-refractivity contribution in [2.45, 2.75) is 6.18 Å². The second-order valence-corrected chi connectivity index (χ2v) is 7.46. The first-order valence-electron chi connectivity index (χ1n) is 10.3. The summed E-state index contributed by atoms with van der Waals surface area (Å²) in [6.07, 6.45) is -3.87. The molecule has 3 rings (SSSR count). The Bertz CT molecular complexity index is 1220. The highest BCUT2D eigenvalue weighted by atomic mass is 35.5. The first-order valence-corrected chi connectivity index (χ1v) is 10.7. The molecule has 0 aliphatic carbocycles. The molecule has 7 nitrogen and oxygen atoms in total. The van der Waals surface area contributed by atoms with E-state index in [1.807, 2.05) is 0 Å². The monoisotopic (exact) mass is 507 g/mol. The van der Waals surface area contributed by atoms with E-state index in [1.165, 1.54) is 18.2 Å². The van der Waals surface area contributed by atoms with Gasteiger partial charge >= 0.3 is 12.1 Å². The molecule has 0 saturated heterocycles. The Hall–Kier alpha value is -3.52. The van der Waals surface area contributed by atoms with Crippen molar-refractivity contribution >= 4 is 23.2 Å². The van der Waals surface area contributed by atoms with Crippen molar-refractivity contribution in [3.8, 4) is 29.0 Å². The van der Waals surface area contributed by atoms with Gasteiger partial charge in [0.25, 0.3) is 0 Å². The maximum absolute atomic E-state index is 12.9. The number of alkyl halides is 3. The van der Waals surface area contributed by atoms with Crippen LogP contribution < -0.4 is 10.1 Å². The van der Waals surface area contributed by atoms with E-state index in [4.69, 9.17) is 25.8 Å². The highest BCUT2D eigenvalue weighted by molar-refractivity contribution is 6.30. The van der Waals surface area contributed by atoms with Crippen molar-refractivity contribution in [3.05, 3.63) is 64.9 Å². The number of nitrogens with zero attached hydrogens (tertiary/aromatic N) is 1. The molecule has 0 bridgehead atoms. The van der Waals surface area contributed by atoms with Gasteiger partial charge in [0.1, 0.15) is 23.9 Å². The Morgan fingerprint density at radius 1 is 1.14 bits per heavy atom. The van der Waals surface area contributed by atoms with E-state index in [0.29, 0.717) is 35.6 Å². The third-order valence-corrected chi connectivity index (χ3v) is 4.68. The number of nitrogens with one attached hydrogen (secondary N) is 2. The van der Waals surface area contributed by atoms with Gasteiger partial charge in [0.05, 0.1) is 31.7 Å². The van der Waals surface area contributed by atoms with Crippen LogP contribution in [-0.4, -0.2) is 49.4 Å². The average molecular weight is 508 g/mol. The summed E-state index contributed by atoms with van der Waals surface area (Å²) in [6, 6.07) is 11.2. The van der Waals surface area contributed by atoms with Gasteiger partial charge in [0, 0.05) is 29.2 Å². The fourth-order valence-electron chi connectivity index (χ4n) is 2.82. The second kappa shape index (κ2) is 12.3. The number of imidazole rings is 1. The lowest BCUT2D eigenvalue weighted by atomic mass is 10.1. The van der Waals surface area contributed by atoms with Crippen LogP contribution in [0.25, 0.3) is 11.4 Å². The van der Waals surface area contributed by atoms with Crippen LogP contribution in [0, 0.1) is 11.8 Å². The second-order valence-electron chi connectivity index (χ2n) is 7.02. The summed E-state index contributed by atoms with van der Waals surface area (Å²) < 4.78 is 54.8. The van der Waals surface area contributed by atoms with Crippen LogP contribution in [0.3, 0.4) is 0 Å². The summed E-state index contributed by atoms with van der Waals surface area (Å²) in [4.78, 5) is 18.5. The highest BCUT2D eigenvalue weighted by Gasteiger charge is 2.33. The Labute approximate surface area is 204 Å². The SMILES string of the molecule is COCCOCCOc1ccc(-c2ncc(C(F)(F)F)[nH]2)cc1NC(=O)C#Cc1cccc(Cl)c1. The average Bonchev–Trinajstić information content (AvgIpc) is 3.32. The van der Waals surface area contributed by atoms with Crippen LogP contribution in [-0.2, 0) is 20.4 Å². The number of aromatic amines is 1. The van der Waals surface area contributed by atoms with Gasteiger partial charge in [-0.2, -0.15) is 13.2 Å². The van der Waals surface area contributed by atoms with Crippen LogP contribution in [0.2, 0.25) is 5.02 Å². The zero-order valence-corrected chi connectivity index (χ0v) is 19.3. The zero-order chi connectivity index (χ0) is 25.3. The molecule has 0 atom stereocenters. The number of ether oxygens (including phenoxy) is 3. The van der Waals surface area contributed by atoms with Crippen molar-refractivity contribution in [1.82, 2.24) is 9.97 Å². The van der Waals surface area contributed by atoms with Gasteiger partial charge < -0.3 is 24.5 Å². The van der Waals surface area contributed by atoms with Crippen molar-refractivity contribution < 1.29 is 32.2 Å². The number of hydrogen-bond donors (Lipinski definition) is 2. The Kier molecular flexibility index (Phi) is 9.14.